The van der Waals surface area contributed by atoms with Gasteiger partial charge in [0.15, 0.2) is 5.11 Å². The maximum atomic E-state index is 10.6. The van der Waals surface area contributed by atoms with Gasteiger partial charge in [-0.2, -0.15) is 5.10 Å². The molecule has 6 nitrogen and oxygen atoms in total. The quantitative estimate of drug-likeness (QED) is 0.361. The summed E-state index contributed by atoms with van der Waals surface area (Å²) >= 11 is 17.9. The molecule has 0 saturated carbocycles. The molecule has 0 fully saturated rings. The Morgan fingerprint density at radius 2 is 2.14 bits per heavy atom. The molecule has 1 aromatic carbocycles. The van der Waals surface area contributed by atoms with Crippen molar-refractivity contribution in [3.8, 4) is 0 Å². The van der Waals surface area contributed by atoms with Crippen LogP contribution in [0.1, 0.15) is 4.88 Å². The molecule has 2 aromatic rings. The van der Waals surface area contributed by atoms with Gasteiger partial charge in [-0.3, -0.25) is 15.5 Å². The third-order valence-electron chi connectivity index (χ3n) is 2.33. The molecule has 114 valence electrons. The molecule has 0 unspecified atom stereocenters. The minimum Gasteiger partial charge on any atom is -0.330 e. The van der Waals surface area contributed by atoms with Crippen LogP contribution in [0.15, 0.2) is 35.4 Å². The predicted octanol–water partition coefficient (Wildman–Crippen LogP) is 4.28. The highest BCUT2D eigenvalue weighted by Crippen LogP contribution is 2.25. The van der Waals surface area contributed by atoms with E-state index in [1.165, 1.54) is 12.3 Å². The molecule has 1 aromatic heterocycles. The summed E-state index contributed by atoms with van der Waals surface area (Å²) in [6.07, 6.45) is 1.44. The third-order valence-corrected chi connectivity index (χ3v) is 4.04. The van der Waals surface area contributed by atoms with E-state index in [0.717, 1.165) is 11.3 Å². The SMILES string of the molecule is O=[N+]([O-])c1ccc(/C=N\NC(=S)Nc2ccc(Cl)cc2Cl)s1. The van der Waals surface area contributed by atoms with Gasteiger partial charge >= 0.3 is 5.00 Å². The van der Waals surface area contributed by atoms with Gasteiger partial charge in [0, 0.05) is 11.1 Å². The van der Waals surface area contributed by atoms with Crippen molar-refractivity contribution in [2.45, 2.75) is 0 Å². The molecule has 0 saturated heterocycles. The topological polar surface area (TPSA) is 79.6 Å². The first-order chi connectivity index (χ1) is 10.5. The first-order valence-corrected chi connectivity index (χ1v) is 7.73. The van der Waals surface area contributed by atoms with Gasteiger partial charge in [-0.05, 0) is 36.5 Å². The Hall–Kier alpha value is -1.74. The van der Waals surface area contributed by atoms with Crippen LogP contribution in [0.25, 0.3) is 0 Å². The lowest BCUT2D eigenvalue weighted by molar-refractivity contribution is -0.380. The molecular formula is C12H8Cl2N4O2S2. The minimum absolute atomic E-state index is 0.0510. The minimum atomic E-state index is -0.454. The fourth-order valence-corrected chi connectivity index (χ4v) is 2.72. The Bertz CT molecular complexity index is 748. The van der Waals surface area contributed by atoms with Crippen molar-refractivity contribution in [3.63, 3.8) is 0 Å². The number of thiocarbonyl (C=S) groups is 1. The molecule has 2 N–H and O–H groups in total. The second-order valence-corrected chi connectivity index (χ2v) is 6.23. The first-order valence-electron chi connectivity index (χ1n) is 5.75. The summed E-state index contributed by atoms with van der Waals surface area (Å²) in [5, 5.41) is 18.5. The molecule has 0 aliphatic rings. The van der Waals surface area contributed by atoms with E-state index < -0.39 is 4.92 Å². The number of nitro groups is 1. The standard InChI is InChI=1S/C12H8Cl2N4O2S2/c13-7-1-3-10(9(14)5-7)16-12(21)17-15-6-8-2-4-11(22-8)18(19)20/h1-6H,(H2,16,17,21)/b15-6-. The summed E-state index contributed by atoms with van der Waals surface area (Å²) in [5.74, 6) is 0. The number of nitrogens with zero attached hydrogens (tertiary/aromatic N) is 2. The lowest BCUT2D eigenvalue weighted by atomic mass is 10.3. The van der Waals surface area contributed by atoms with Crippen LogP contribution in [0.4, 0.5) is 10.7 Å². The van der Waals surface area contributed by atoms with E-state index in [1.54, 1.807) is 24.3 Å². The number of hydrazone groups is 1. The number of hydrogen-bond acceptors (Lipinski definition) is 5. The van der Waals surface area contributed by atoms with Crippen molar-refractivity contribution in [3.05, 3.63) is 55.4 Å². The maximum Gasteiger partial charge on any atom is 0.324 e. The third kappa shape index (κ3) is 4.63. The van der Waals surface area contributed by atoms with E-state index in [2.05, 4.69) is 15.8 Å². The van der Waals surface area contributed by atoms with Crippen LogP contribution in [0.2, 0.25) is 10.0 Å². The van der Waals surface area contributed by atoms with Crippen LogP contribution in [-0.2, 0) is 0 Å². The molecule has 0 radical (unpaired) electrons. The molecule has 2 rings (SSSR count). The second-order valence-electron chi connectivity index (χ2n) is 3.88. The van der Waals surface area contributed by atoms with Gasteiger partial charge in [0.25, 0.3) is 0 Å². The second kappa shape index (κ2) is 7.50. The Balaban J connectivity index is 1.91. The zero-order valence-corrected chi connectivity index (χ0v) is 13.9. The van der Waals surface area contributed by atoms with E-state index in [4.69, 9.17) is 35.4 Å². The van der Waals surface area contributed by atoms with E-state index in [0.29, 0.717) is 20.6 Å². The van der Waals surface area contributed by atoms with Crippen LogP contribution in [-0.4, -0.2) is 16.3 Å². The van der Waals surface area contributed by atoms with Gasteiger partial charge in [-0.25, -0.2) is 0 Å². The number of thiophene rings is 1. The number of hydrogen-bond donors (Lipinski definition) is 2. The molecule has 1 heterocycles. The van der Waals surface area contributed by atoms with Crippen molar-refractivity contribution in [2.24, 2.45) is 5.10 Å². The van der Waals surface area contributed by atoms with Crippen molar-refractivity contribution < 1.29 is 4.92 Å². The van der Waals surface area contributed by atoms with E-state index in [-0.39, 0.29) is 10.1 Å². The monoisotopic (exact) mass is 374 g/mol. The van der Waals surface area contributed by atoms with Crippen LogP contribution in [0.5, 0.6) is 0 Å². The average Bonchev–Trinajstić information content (AvgIpc) is 2.91. The predicted molar refractivity (Wildman–Crippen MR) is 94.4 cm³/mol. The normalized spacial score (nSPS) is 10.6. The number of anilines is 1. The van der Waals surface area contributed by atoms with E-state index in [1.807, 2.05) is 0 Å². The summed E-state index contributed by atoms with van der Waals surface area (Å²) in [6.45, 7) is 0. The summed E-state index contributed by atoms with van der Waals surface area (Å²) in [6, 6.07) is 7.95. The zero-order valence-electron chi connectivity index (χ0n) is 10.7. The molecule has 0 spiro atoms. The molecule has 0 bridgehead atoms. The Morgan fingerprint density at radius 1 is 1.36 bits per heavy atom. The lowest BCUT2D eigenvalue weighted by Crippen LogP contribution is -2.23. The van der Waals surface area contributed by atoms with Crippen LogP contribution in [0, 0.1) is 10.1 Å². The smallest absolute Gasteiger partial charge is 0.324 e. The van der Waals surface area contributed by atoms with Crippen molar-refractivity contribution in [2.75, 3.05) is 5.32 Å². The van der Waals surface area contributed by atoms with Gasteiger partial charge in [-0.15, -0.1) is 0 Å². The Morgan fingerprint density at radius 3 is 2.77 bits per heavy atom. The van der Waals surface area contributed by atoms with Gasteiger partial charge < -0.3 is 5.32 Å². The summed E-state index contributed by atoms with van der Waals surface area (Å²) < 4.78 is 0. The number of rotatable bonds is 4. The van der Waals surface area contributed by atoms with Crippen LogP contribution >= 0.6 is 46.8 Å². The fraction of sp³-hybridized carbons (Fsp3) is 0. The molecule has 22 heavy (non-hydrogen) atoms. The largest absolute Gasteiger partial charge is 0.330 e. The highest BCUT2D eigenvalue weighted by molar-refractivity contribution is 7.80. The Labute approximate surface area is 144 Å². The first kappa shape index (κ1) is 16.6. The molecular weight excluding hydrogens is 367 g/mol. The zero-order chi connectivity index (χ0) is 16.1. The molecule has 0 atom stereocenters. The van der Waals surface area contributed by atoms with Crippen molar-refractivity contribution in [1.82, 2.24) is 5.43 Å². The summed E-state index contributed by atoms with van der Waals surface area (Å²) in [5.41, 5.74) is 3.18. The van der Waals surface area contributed by atoms with E-state index in [9.17, 15) is 10.1 Å². The average molecular weight is 375 g/mol. The van der Waals surface area contributed by atoms with Gasteiger partial charge in [-0.1, -0.05) is 34.5 Å². The van der Waals surface area contributed by atoms with Gasteiger partial charge in [0.1, 0.15) is 0 Å². The van der Waals surface area contributed by atoms with Gasteiger partial charge in [0.05, 0.1) is 26.7 Å². The summed E-state index contributed by atoms with van der Waals surface area (Å²) in [4.78, 5) is 10.7. The molecule has 10 heteroatoms. The number of halogens is 2. The highest BCUT2D eigenvalue weighted by atomic mass is 35.5. The summed E-state index contributed by atoms with van der Waals surface area (Å²) in [7, 11) is 0. The molecule has 0 aliphatic heterocycles. The van der Waals surface area contributed by atoms with Crippen LogP contribution < -0.4 is 10.7 Å². The molecule has 0 amide bonds. The highest BCUT2D eigenvalue weighted by Gasteiger charge is 2.08. The van der Waals surface area contributed by atoms with E-state index >= 15 is 0 Å². The molecule has 0 aliphatic carbocycles. The fourth-order valence-electron chi connectivity index (χ4n) is 1.41. The lowest BCUT2D eigenvalue weighted by Gasteiger charge is -2.08. The van der Waals surface area contributed by atoms with Crippen LogP contribution in [0.3, 0.4) is 0 Å². The van der Waals surface area contributed by atoms with Gasteiger partial charge in [0.2, 0.25) is 0 Å². The number of benzene rings is 1. The Kier molecular flexibility index (Phi) is 5.67. The van der Waals surface area contributed by atoms with Crippen molar-refractivity contribution in [1.29, 1.82) is 0 Å². The maximum absolute atomic E-state index is 10.6. The van der Waals surface area contributed by atoms with Crippen molar-refractivity contribution >= 4 is 68.8 Å². The number of nitrogens with one attached hydrogen (secondary N) is 2.